The largest absolute Gasteiger partial charge is 0.115 e. The van der Waals surface area contributed by atoms with Crippen LogP contribution in [0.4, 0.5) is 0 Å². The smallest absolute Gasteiger partial charge is 0.00681 e. The molecular formula is C14H24P2. The Hall–Kier alpha value is -0.0200. The van der Waals surface area contributed by atoms with Gasteiger partial charge in [-0.25, -0.2) is 0 Å². The second-order valence-electron chi connectivity index (χ2n) is 5.90. The predicted molar refractivity (Wildman–Crippen MR) is 80.7 cm³/mol. The van der Waals surface area contributed by atoms with E-state index in [0.29, 0.717) is 0 Å². The minimum absolute atomic E-state index is 0.248. The van der Waals surface area contributed by atoms with Crippen LogP contribution in [-0.4, -0.2) is 22.6 Å². The molecule has 0 radical (unpaired) electrons. The molecule has 1 unspecified atom stereocenters. The Bertz CT molecular complexity index is 259. The Kier molecular flexibility index (Phi) is 6.05. The van der Waals surface area contributed by atoms with E-state index in [2.05, 4.69) is 52.9 Å². The maximum absolute atomic E-state index is 5.63. The summed E-state index contributed by atoms with van der Waals surface area (Å²) in [7, 11) is -0.673. The van der Waals surface area contributed by atoms with Gasteiger partial charge in [-0.2, -0.15) is 0 Å². The summed E-state index contributed by atoms with van der Waals surface area (Å²) in [4.78, 5) is 0. The quantitative estimate of drug-likeness (QED) is 0.504. The molecule has 0 aromatic heterocycles. The summed E-state index contributed by atoms with van der Waals surface area (Å²) >= 11 is 0. The summed E-state index contributed by atoms with van der Waals surface area (Å²) in [5.74, 6) is 0. The standard InChI is InChI=1S/C14H24P2/c1-9-15(13(3,4)5)11-12-16(10-2)14(6,7)8/h1-2H,11-12H2,3-8H3/t15-,16?/m1/s1. The van der Waals surface area contributed by atoms with Crippen molar-refractivity contribution in [3.05, 3.63) is 0 Å². The fourth-order valence-corrected chi connectivity index (χ4v) is 5.36. The van der Waals surface area contributed by atoms with E-state index >= 15 is 0 Å². The molecule has 0 fully saturated rings. The lowest BCUT2D eigenvalue weighted by molar-refractivity contribution is 0.781. The molecule has 16 heavy (non-hydrogen) atoms. The van der Waals surface area contributed by atoms with Crippen molar-refractivity contribution in [1.29, 1.82) is 0 Å². The molecule has 0 bridgehead atoms. The molecule has 0 N–H and O–H groups in total. The Labute approximate surface area is 104 Å². The lowest BCUT2D eigenvalue weighted by Gasteiger charge is -2.31. The summed E-state index contributed by atoms with van der Waals surface area (Å²) in [6.45, 7) is 13.4. The van der Waals surface area contributed by atoms with E-state index < -0.39 is 0 Å². The van der Waals surface area contributed by atoms with E-state index in [1.807, 2.05) is 0 Å². The summed E-state index contributed by atoms with van der Waals surface area (Å²) in [6, 6.07) is 0. The predicted octanol–water partition coefficient (Wildman–Crippen LogP) is 4.73. The van der Waals surface area contributed by atoms with Gasteiger partial charge in [-0.15, -0.1) is 12.8 Å². The molecule has 0 saturated carbocycles. The van der Waals surface area contributed by atoms with Gasteiger partial charge >= 0.3 is 0 Å². The van der Waals surface area contributed by atoms with Crippen molar-refractivity contribution in [1.82, 2.24) is 0 Å². The molecule has 90 valence electrons. The number of hydrogen-bond acceptors (Lipinski definition) is 0. The third kappa shape index (κ3) is 5.35. The van der Waals surface area contributed by atoms with E-state index in [9.17, 15) is 0 Å². The third-order valence-electron chi connectivity index (χ3n) is 2.48. The Balaban J connectivity index is 4.45. The molecule has 2 atom stereocenters. The highest BCUT2D eigenvalue weighted by Gasteiger charge is 2.27. The van der Waals surface area contributed by atoms with Crippen molar-refractivity contribution in [2.75, 3.05) is 12.3 Å². The molecule has 0 aliphatic heterocycles. The molecule has 0 aliphatic rings. The minimum atomic E-state index is -0.336. The molecule has 0 heterocycles. The Morgan fingerprint density at radius 3 is 1.12 bits per heavy atom. The van der Waals surface area contributed by atoms with Gasteiger partial charge in [0.1, 0.15) is 0 Å². The summed E-state index contributed by atoms with van der Waals surface area (Å²) in [6.07, 6.45) is 13.5. The van der Waals surface area contributed by atoms with E-state index in [-0.39, 0.29) is 26.2 Å². The van der Waals surface area contributed by atoms with Gasteiger partial charge in [0.2, 0.25) is 0 Å². The molecule has 0 aliphatic carbocycles. The molecule has 0 aromatic rings. The topological polar surface area (TPSA) is 0 Å². The highest BCUT2D eigenvalue weighted by molar-refractivity contribution is 7.68. The first kappa shape index (κ1) is 16.0. The first-order valence-electron chi connectivity index (χ1n) is 5.60. The van der Waals surface area contributed by atoms with Crippen LogP contribution >= 0.6 is 15.8 Å². The van der Waals surface area contributed by atoms with Gasteiger partial charge in [-0.05, 0) is 38.5 Å². The average molecular weight is 254 g/mol. The Morgan fingerprint density at radius 1 is 0.750 bits per heavy atom. The molecule has 0 amide bonds. The fraction of sp³-hybridized carbons (Fsp3) is 0.714. The molecule has 0 rings (SSSR count). The van der Waals surface area contributed by atoms with E-state index in [1.165, 1.54) is 0 Å². The molecule has 0 nitrogen and oxygen atoms in total. The highest BCUT2D eigenvalue weighted by Crippen LogP contribution is 2.54. The Morgan fingerprint density at radius 2 is 1.00 bits per heavy atom. The van der Waals surface area contributed by atoms with Crippen molar-refractivity contribution in [3.8, 4) is 24.2 Å². The zero-order valence-corrected chi connectivity index (χ0v) is 13.3. The minimum Gasteiger partial charge on any atom is -0.115 e. The van der Waals surface area contributed by atoms with Crippen molar-refractivity contribution in [2.45, 2.75) is 51.9 Å². The normalized spacial score (nSPS) is 16.0. The van der Waals surface area contributed by atoms with Crippen molar-refractivity contribution >= 4 is 15.8 Å². The summed E-state index contributed by atoms with van der Waals surface area (Å²) in [5.41, 5.74) is 5.96. The van der Waals surface area contributed by atoms with Crippen molar-refractivity contribution in [2.24, 2.45) is 0 Å². The van der Waals surface area contributed by atoms with Crippen molar-refractivity contribution in [3.63, 3.8) is 0 Å². The van der Waals surface area contributed by atoms with Gasteiger partial charge in [0.05, 0.1) is 0 Å². The second-order valence-corrected chi connectivity index (χ2v) is 11.7. The number of rotatable bonds is 3. The third-order valence-corrected chi connectivity index (χ3v) is 8.04. The van der Waals surface area contributed by atoms with Crippen LogP contribution in [0.15, 0.2) is 0 Å². The van der Waals surface area contributed by atoms with E-state index in [4.69, 9.17) is 12.8 Å². The SMILES string of the molecule is C#CP(CC[P@@](C#C)C(C)(C)C)C(C)(C)C. The molecule has 2 heteroatoms. The molecule has 0 spiro atoms. The zero-order chi connectivity index (χ0) is 13.0. The van der Waals surface area contributed by atoms with Crippen LogP contribution in [0.1, 0.15) is 41.5 Å². The van der Waals surface area contributed by atoms with Crippen LogP contribution < -0.4 is 0 Å². The van der Waals surface area contributed by atoms with Crippen LogP contribution in [0.25, 0.3) is 0 Å². The van der Waals surface area contributed by atoms with E-state index in [1.54, 1.807) is 0 Å². The number of terminal acetylenes is 2. The monoisotopic (exact) mass is 254 g/mol. The second kappa shape index (κ2) is 6.06. The molecular weight excluding hydrogens is 230 g/mol. The lowest BCUT2D eigenvalue weighted by Crippen LogP contribution is -2.17. The van der Waals surface area contributed by atoms with Crippen LogP contribution in [0.3, 0.4) is 0 Å². The molecule has 0 aromatic carbocycles. The first-order chi connectivity index (χ1) is 7.12. The zero-order valence-electron chi connectivity index (χ0n) is 11.5. The average Bonchev–Trinajstić information content (AvgIpc) is 2.08. The van der Waals surface area contributed by atoms with Gasteiger partial charge in [-0.3, -0.25) is 0 Å². The van der Waals surface area contributed by atoms with Gasteiger partial charge < -0.3 is 0 Å². The van der Waals surface area contributed by atoms with Crippen LogP contribution in [0.2, 0.25) is 0 Å². The van der Waals surface area contributed by atoms with Crippen LogP contribution in [0, 0.1) is 24.2 Å². The summed E-state index contributed by atoms with van der Waals surface area (Å²) < 4.78 is 0. The van der Waals surface area contributed by atoms with Gasteiger partial charge in [0.15, 0.2) is 0 Å². The van der Waals surface area contributed by atoms with Crippen LogP contribution in [-0.2, 0) is 0 Å². The number of hydrogen-bond donors (Lipinski definition) is 0. The maximum atomic E-state index is 5.63. The maximum Gasteiger partial charge on any atom is -0.00681 e. The highest BCUT2D eigenvalue weighted by atomic mass is 31.1. The van der Waals surface area contributed by atoms with E-state index in [0.717, 1.165) is 12.3 Å². The van der Waals surface area contributed by atoms with Crippen molar-refractivity contribution < 1.29 is 0 Å². The first-order valence-corrected chi connectivity index (χ1v) is 8.66. The summed E-state index contributed by atoms with van der Waals surface area (Å²) in [5, 5.41) is 0.495. The van der Waals surface area contributed by atoms with Gasteiger partial charge in [0, 0.05) is 0 Å². The lowest BCUT2D eigenvalue weighted by atomic mass is 10.3. The van der Waals surface area contributed by atoms with Gasteiger partial charge in [0.25, 0.3) is 0 Å². The molecule has 0 saturated heterocycles. The fourth-order valence-electron chi connectivity index (χ4n) is 1.39. The van der Waals surface area contributed by atoms with Gasteiger partial charge in [-0.1, -0.05) is 52.9 Å². The van der Waals surface area contributed by atoms with Crippen LogP contribution in [0.5, 0.6) is 0 Å².